The van der Waals surface area contributed by atoms with E-state index in [2.05, 4.69) is 10.3 Å². The Morgan fingerprint density at radius 3 is 2.75 bits per heavy atom. The monoisotopic (exact) mass is 328 g/mol. The van der Waals surface area contributed by atoms with Gasteiger partial charge in [0.2, 0.25) is 5.91 Å². The molecule has 0 aliphatic heterocycles. The Balaban J connectivity index is 2.14. The number of benzene rings is 1. The number of nitrogens with zero attached hydrogens (tertiary/aromatic N) is 1. The SMILES string of the molecule is CCOc1cccnc1NC(=O)/C=C/c1cc(OC)ccc1OC. The van der Waals surface area contributed by atoms with Crippen LogP contribution in [0.5, 0.6) is 17.2 Å². The van der Waals surface area contributed by atoms with Crippen LogP contribution in [0.1, 0.15) is 12.5 Å². The van der Waals surface area contributed by atoms with E-state index in [9.17, 15) is 4.79 Å². The summed E-state index contributed by atoms with van der Waals surface area (Å²) >= 11 is 0. The molecule has 2 rings (SSSR count). The second-order valence-corrected chi connectivity index (χ2v) is 4.71. The van der Waals surface area contributed by atoms with Crippen molar-refractivity contribution >= 4 is 17.8 Å². The van der Waals surface area contributed by atoms with Gasteiger partial charge in [-0.1, -0.05) is 0 Å². The molecule has 0 saturated heterocycles. The Labute approximate surface area is 141 Å². The van der Waals surface area contributed by atoms with Crippen LogP contribution in [-0.2, 0) is 4.79 Å². The van der Waals surface area contributed by atoms with Crippen molar-refractivity contribution in [1.82, 2.24) is 4.98 Å². The zero-order valence-electron chi connectivity index (χ0n) is 13.9. The number of aromatic nitrogens is 1. The van der Waals surface area contributed by atoms with E-state index in [4.69, 9.17) is 14.2 Å². The normalized spacial score (nSPS) is 10.5. The number of nitrogens with one attached hydrogen (secondary N) is 1. The molecule has 0 saturated carbocycles. The van der Waals surface area contributed by atoms with E-state index in [0.29, 0.717) is 29.7 Å². The van der Waals surface area contributed by atoms with Crippen molar-refractivity contribution in [3.05, 3.63) is 48.2 Å². The summed E-state index contributed by atoms with van der Waals surface area (Å²) in [6.07, 6.45) is 4.65. The molecule has 1 aromatic carbocycles. The highest BCUT2D eigenvalue weighted by molar-refractivity contribution is 6.02. The van der Waals surface area contributed by atoms with Crippen molar-refractivity contribution in [2.24, 2.45) is 0 Å². The maximum absolute atomic E-state index is 12.1. The molecule has 1 aromatic heterocycles. The topological polar surface area (TPSA) is 69.7 Å². The number of carbonyl (C=O) groups excluding carboxylic acids is 1. The van der Waals surface area contributed by atoms with E-state index < -0.39 is 0 Å². The highest BCUT2D eigenvalue weighted by atomic mass is 16.5. The number of hydrogen-bond donors (Lipinski definition) is 1. The van der Waals surface area contributed by atoms with Crippen LogP contribution in [0.3, 0.4) is 0 Å². The van der Waals surface area contributed by atoms with Gasteiger partial charge in [0, 0.05) is 17.8 Å². The number of rotatable bonds is 7. The van der Waals surface area contributed by atoms with Gasteiger partial charge in [0.15, 0.2) is 11.6 Å². The van der Waals surface area contributed by atoms with Crippen LogP contribution in [0.25, 0.3) is 6.08 Å². The number of carbonyl (C=O) groups is 1. The van der Waals surface area contributed by atoms with Crippen LogP contribution in [0.4, 0.5) is 5.82 Å². The average molecular weight is 328 g/mol. The van der Waals surface area contributed by atoms with Gasteiger partial charge >= 0.3 is 0 Å². The molecule has 0 fully saturated rings. The minimum atomic E-state index is -0.320. The largest absolute Gasteiger partial charge is 0.497 e. The lowest BCUT2D eigenvalue weighted by Gasteiger charge is -2.09. The van der Waals surface area contributed by atoms with Gasteiger partial charge in [-0.15, -0.1) is 0 Å². The minimum absolute atomic E-state index is 0.320. The molecule has 2 aromatic rings. The molecule has 1 heterocycles. The van der Waals surface area contributed by atoms with Crippen molar-refractivity contribution in [2.75, 3.05) is 26.1 Å². The molecule has 0 atom stereocenters. The van der Waals surface area contributed by atoms with Gasteiger partial charge in [-0.3, -0.25) is 4.79 Å². The molecule has 0 radical (unpaired) electrons. The summed E-state index contributed by atoms with van der Waals surface area (Å²) in [5.74, 6) is 1.92. The molecule has 0 aliphatic carbocycles. The van der Waals surface area contributed by atoms with Crippen molar-refractivity contribution < 1.29 is 19.0 Å². The van der Waals surface area contributed by atoms with Crippen molar-refractivity contribution in [2.45, 2.75) is 6.92 Å². The molecule has 126 valence electrons. The van der Waals surface area contributed by atoms with E-state index in [-0.39, 0.29) is 5.91 Å². The fourth-order valence-electron chi connectivity index (χ4n) is 2.05. The first-order valence-corrected chi connectivity index (χ1v) is 7.46. The summed E-state index contributed by atoms with van der Waals surface area (Å²) in [5, 5.41) is 2.70. The molecule has 0 unspecified atom stereocenters. The zero-order valence-corrected chi connectivity index (χ0v) is 13.9. The van der Waals surface area contributed by atoms with Crippen LogP contribution in [0.15, 0.2) is 42.6 Å². The summed E-state index contributed by atoms with van der Waals surface area (Å²) in [5.41, 5.74) is 0.734. The number of methoxy groups -OCH3 is 2. The summed E-state index contributed by atoms with van der Waals surface area (Å²) in [6, 6.07) is 8.86. The Hall–Kier alpha value is -3.02. The van der Waals surface area contributed by atoms with Gasteiger partial charge in [-0.2, -0.15) is 0 Å². The number of amides is 1. The van der Waals surface area contributed by atoms with Crippen LogP contribution >= 0.6 is 0 Å². The standard InChI is InChI=1S/C18H20N2O4/c1-4-24-16-6-5-11-19-18(16)20-17(21)10-7-13-12-14(22-2)8-9-15(13)23-3/h5-12H,4H2,1-3H3,(H,19,20,21)/b10-7+. The fraction of sp³-hybridized carbons (Fsp3) is 0.222. The highest BCUT2D eigenvalue weighted by Gasteiger charge is 2.07. The lowest BCUT2D eigenvalue weighted by atomic mass is 10.1. The van der Waals surface area contributed by atoms with Crippen LogP contribution in [0.2, 0.25) is 0 Å². The molecule has 24 heavy (non-hydrogen) atoms. The molecule has 0 spiro atoms. The number of pyridine rings is 1. The summed E-state index contributed by atoms with van der Waals surface area (Å²) in [6.45, 7) is 2.36. The highest BCUT2D eigenvalue weighted by Crippen LogP contribution is 2.25. The summed E-state index contributed by atoms with van der Waals surface area (Å²) < 4.78 is 15.9. The van der Waals surface area contributed by atoms with Gasteiger partial charge in [0.1, 0.15) is 11.5 Å². The molecule has 1 N–H and O–H groups in total. The Kier molecular flexibility index (Phi) is 6.19. The lowest BCUT2D eigenvalue weighted by molar-refractivity contribution is -0.111. The molecule has 6 heteroatoms. The van der Waals surface area contributed by atoms with Gasteiger partial charge < -0.3 is 19.5 Å². The van der Waals surface area contributed by atoms with Crippen LogP contribution < -0.4 is 19.5 Å². The number of ether oxygens (including phenoxy) is 3. The third-order valence-corrected chi connectivity index (χ3v) is 3.16. The third kappa shape index (κ3) is 4.49. The predicted octanol–water partition coefficient (Wildman–Crippen LogP) is 3.15. The maximum Gasteiger partial charge on any atom is 0.249 e. The predicted molar refractivity (Wildman–Crippen MR) is 92.6 cm³/mol. The zero-order chi connectivity index (χ0) is 17.4. The van der Waals surface area contributed by atoms with Crippen molar-refractivity contribution in [3.63, 3.8) is 0 Å². The molecule has 0 bridgehead atoms. The van der Waals surface area contributed by atoms with E-state index >= 15 is 0 Å². The van der Waals surface area contributed by atoms with Gasteiger partial charge in [-0.25, -0.2) is 4.98 Å². The molecule has 0 aliphatic rings. The second kappa shape index (κ2) is 8.57. The van der Waals surface area contributed by atoms with Gasteiger partial charge in [0.25, 0.3) is 0 Å². The summed E-state index contributed by atoms with van der Waals surface area (Å²) in [4.78, 5) is 16.2. The van der Waals surface area contributed by atoms with Crippen LogP contribution in [-0.4, -0.2) is 31.7 Å². The molecule has 1 amide bonds. The first-order chi connectivity index (χ1) is 11.7. The molecular formula is C18H20N2O4. The smallest absolute Gasteiger partial charge is 0.249 e. The Morgan fingerprint density at radius 1 is 1.21 bits per heavy atom. The molecular weight excluding hydrogens is 308 g/mol. The van der Waals surface area contributed by atoms with E-state index in [1.807, 2.05) is 6.92 Å². The van der Waals surface area contributed by atoms with Crippen molar-refractivity contribution in [3.8, 4) is 17.2 Å². The Bertz CT molecular complexity index is 729. The fourth-order valence-corrected chi connectivity index (χ4v) is 2.05. The van der Waals surface area contributed by atoms with Crippen LogP contribution in [0, 0.1) is 0 Å². The van der Waals surface area contributed by atoms with Gasteiger partial charge in [-0.05, 0) is 43.3 Å². The third-order valence-electron chi connectivity index (χ3n) is 3.16. The quantitative estimate of drug-likeness (QED) is 0.791. The van der Waals surface area contributed by atoms with Crippen molar-refractivity contribution in [1.29, 1.82) is 0 Å². The molecule has 6 nitrogen and oxygen atoms in total. The maximum atomic E-state index is 12.1. The van der Waals surface area contributed by atoms with E-state index in [0.717, 1.165) is 5.56 Å². The second-order valence-electron chi connectivity index (χ2n) is 4.71. The van der Waals surface area contributed by atoms with E-state index in [1.54, 1.807) is 56.8 Å². The van der Waals surface area contributed by atoms with E-state index in [1.165, 1.54) is 6.08 Å². The number of hydrogen-bond acceptors (Lipinski definition) is 5. The first kappa shape index (κ1) is 17.3. The first-order valence-electron chi connectivity index (χ1n) is 7.46. The lowest BCUT2D eigenvalue weighted by Crippen LogP contribution is -2.10. The van der Waals surface area contributed by atoms with Gasteiger partial charge in [0.05, 0.1) is 20.8 Å². The number of anilines is 1. The summed E-state index contributed by atoms with van der Waals surface area (Å²) in [7, 11) is 3.15. The Morgan fingerprint density at radius 2 is 2.04 bits per heavy atom. The minimum Gasteiger partial charge on any atom is -0.497 e. The average Bonchev–Trinajstić information content (AvgIpc) is 2.61.